The van der Waals surface area contributed by atoms with Crippen LogP contribution in [0.3, 0.4) is 0 Å². The van der Waals surface area contributed by atoms with Gasteiger partial charge in [0, 0.05) is 22.0 Å². The van der Waals surface area contributed by atoms with E-state index in [9.17, 15) is 10.1 Å². The molecule has 0 saturated heterocycles. The molecule has 0 bridgehead atoms. The number of nitrogens with zero attached hydrogens (tertiary/aromatic N) is 1. The van der Waals surface area contributed by atoms with Crippen LogP contribution in [0.25, 0.3) is 0 Å². The normalized spacial score (nSPS) is 10.3. The number of rotatable bonds is 5. The van der Waals surface area contributed by atoms with Gasteiger partial charge < -0.3 is 4.74 Å². The molecule has 2 aromatic rings. The molecule has 104 valence electrons. The predicted molar refractivity (Wildman–Crippen MR) is 81.5 cm³/mol. The zero-order chi connectivity index (χ0) is 14.5. The minimum absolute atomic E-state index is 0.0573. The molecule has 0 unspecified atom stereocenters. The highest BCUT2D eigenvalue weighted by Gasteiger charge is 2.13. The van der Waals surface area contributed by atoms with Crippen LogP contribution in [-0.2, 0) is 11.9 Å². The molecular weight excluding hydrogens is 346 g/mol. The van der Waals surface area contributed by atoms with E-state index in [4.69, 9.17) is 16.3 Å². The molecule has 0 spiro atoms. The van der Waals surface area contributed by atoms with E-state index in [2.05, 4.69) is 15.9 Å². The number of nitro benzene ring substituents is 1. The fraction of sp³-hybridized carbons (Fsp3) is 0.143. The Morgan fingerprint density at radius 2 is 1.95 bits per heavy atom. The molecule has 20 heavy (non-hydrogen) atoms. The van der Waals surface area contributed by atoms with Gasteiger partial charge in [0.25, 0.3) is 5.69 Å². The molecule has 0 N–H and O–H groups in total. The SMILES string of the molecule is O=[N+]([O-])c1ccccc1COc1ccc(Cl)cc1CBr. The van der Waals surface area contributed by atoms with Crippen LogP contribution in [0.4, 0.5) is 5.69 Å². The van der Waals surface area contributed by atoms with Gasteiger partial charge in [0.15, 0.2) is 0 Å². The summed E-state index contributed by atoms with van der Waals surface area (Å²) in [5.41, 5.74) is 1.49. The second-order valence-electron chi connectivity index (χ2n) is 4.06. The summed E-state index contributed by atoms with van der Waals surface area (Å²) in [7, 11) is 0. The lowest BCUT2D eigenvalue weighted by atomic mass is 10.2. The van der Waals surface area contributed by atoms with Gasteiger partial charge in [-0.1, -0.05) is 39.7 Å². The van der Waals surface area contributed by atoms with Crippen molar-refractivity contribution in [2.75, 3.05) is 0 Å². The van der Waals surface area contributed by atoms with Crippen LogP contribution in [0.15, 0.2) is 42.5 Å². The fourth-order valence-electron chi connectivity index (χ4n) is 1.76. The lowest BCUT2D eigenvalue weighted by Gasteiger charge is -2.10. The summed E-state index contributed by atoms with van der Waals surface area (Å²) in [6.07, 6.45) is 0. The number of hydrogen-bond donors (Lipinski definition) is 0. The van der Waals surface area contributed by atoms with E-state index in [0.717, 1.165) is 5.56 Å². The molecule has 4 nitrogen and oxygen atoms in total. The van der Waals surface area contributed by atoms with E-state index in [0.29, 0.717) is 21.7 Å². The Morgan fingerprint density at radius 3 is 2.65 bits per heavy atom. The van der Waals surface area contributed by atoms with Gasteiger partial charge in [-0.15, -0.1) is 0 Å². The van der Waals surface area contributed by atoms with Crippen molar-refractivity contribution in [1.82, 2.24) is 0 Å². The van der Waals surface area contributed by atoms with Crippen molar-refractivity contribution in [3.63, 3.8) is 0 Å². The Balaban J connectivity index is 2.19. The van der Waals surface area contributed by atoms with Gasteiger partial charge in [0.1, 0.15) is 12.4 Å². The third-order valence-electron chi connectivity index (χ3n) is 2.74. The van der Waals surface area contributed by atoms with Crippen LogP contribution in [0.1, 0.15) is 11.1 Å². The summed E-state index contributed by atoms with van der Waals surface area (Å²) in [5, 5.41) is 12.1. The van der Waals surface area contributed by atoms with Crippen LogP contribution in [-0.4, -0.2) is 4.92 Å². The molecule has 0 aliphatic rings. The Bertz CT molecular complexity index is 634. The van der Waals surface area contributed by atoms with Gasteiger partial charge in [-0.3, -0.25) is 10.1 Å². The molecular formula is C14H11BrClNO3. The summed E-state index contributed by atoms with van der Waals surface area (Å²) in [6, 6.07) is 11.8. The highest BCUT2D eigenvalue weighted by Crippen LogP contribution is 2.27. The highest BCUT2D eigenvalue weighted by atomic mass is 79.9. The van der Waals surface area contributed by atoms with E-state index in [1.165, 1.54) is 6.07 Å². The number of alkyl halides is 1. The number of para-hydroxylation sites is 1. The number of hydrogen-bond acceptors (Lipinski definition) is 3. The van der Waals surface area contributed by atoms with Crippen molar-refractivity contribution in [3.05, 3.63) is 68.7 Å². The molecule has 0 aromatic heterocycles. The van der Waals surface area contributed by atoms with Crippen LogP contribution in [0, 0.1) is 10.1 Å². The minimum atomic E-state index is -0.411. The first kappa shape index (κ1) is 14.8. The van der Waals surface area contributed by atoms with Gasteiger partial charge >= 0.3 is 0 Å². The molecule has 0 radical (unpaired) electrons. The predicted octanol–water partition coefficient (Wildman–Crippen LogP) is 4.72. The molecule has 2 aromatic carbocycles. The van der Waals surface area contributed by atoms with E-state index in [1.54, 1.807) is 36.4 Å². The van der Waals surface area contributed by atoms with Gasteiger partial charge in [-0.25, -0.2) is 0 Å². The monoisotopic (exact) mass is 355 g/mol. The largest absolute Gasteiger partial charge is 0.488 e. The minimum Gasteiger partial charge on any atom is -0.488 e. The molecule has 0 atom stereocenters. The number of nitro groups is 1. The van der Waals surface area contributed by atoms with Crippen LogP contribution in [0.5, 0.6) is 5.75 Å². The lowest BCUT2D eigenvalue weighted by molar-refractivity contribution is -0.385. The maximum absolute atomic E-state index is 10.9. The van der Waals surface area contributed by atoms with Crippen molar-refractivity contribution in [1.29, 1.82) is 0 Å². The zero-order valence-corrected chi connectivity index (χ0v) is 12.7. The van der Waals surface area contributed by atoms with Crippen molar-refractivity contribution in [2.24, 2.45) is 0 Å². The topological polar surface area (TPSA) is 52.4 Å². The summed E-state index contributed by atoms with van der Waals surface area (Å²) >= 11 is 9.27. The molecule has 2 rings (SSSR count). The highest BCUT2D eigenvalue weighted by molar-refractivity contribution is 9.08. The van der Waals surface area contributed by atoms with E-state index in [1.807, 2.05) is 0 Å². The van der Waals surface area contributed by atoms with Crippen LogP contribution < -0.4 is 4.74 Å². The first-order valence-corrected chi connectivity index (χ1v) is 7.31. The average molecular weight is 357 g/mol. The number of ether oxygens (including phenoxy) is 1. The second kappa shape index (κ2) is 6.72. The summed E-state index contributed by atoms with van der Waals surface area (Å²) < 4.78 is 5.67. The summed E-state index contributed by atoms with van der Waals surface area (Å²) in [6.45, 7) is 0.138. The first-order chi connectivity index (χ1) is 9.61. The molecule has 0 aliphatic carbocycles. The number of halogens is 2. The van der Waals surface area contributed by atoms with Crippen LogP contribution >= 0.6 is 27.5 Å². The maximum atomic E-state index is 10.9. The third-order valence-corrected chi connectivity index (χ3v) is 3.58. The smallest absolute Gasteiger partial charge is 0.276 e. The summed E-state index contributed by atoms with van der Waals surface area (Å²) in [4.78, 5) is 10.5. The van der Waals surface area contributed by atoms with Crippen molar-refractivity contribution in [2.45, 2.75) is 11.9 Å². The quantitative estimate of drug-likeness (QED) is 0.442. The second-order valence-corrected chi connectivity index (χ2v) is 5.06. The van der Waals surface area contributed by atoms with E-state index >= 15 is 0 Å². The Morgan fingerprint density at radius 1 is 1.20 bits per heavy atom. The lowest BCUT2D eigenvalue weighted by Crippen LogP contribution is -2.01. The molecule has 0 fully saturated rings. The van der Waals surface area contributed by atoms with Crippen molar-refractivity contribution < 1.29 is 9.66 Å². The Hall–Kier alpha value is -1.59. The van der Waals surface area contributed by atoms with Gasteiger partial charge in [-0.05, 0) is 24.3 Å². The molecule has 0 saturated carbocycles. The van der Waals surface area contributed by atoms with E-state index in [-0.39, 0.29) is 12.3 Å². The molecule has 0 heterocycles. The maximum Gasteiger partial charge on any atom is 0.276 e. The van der Waals surface area contributed by atoms with Gasteiger partial charge in [0.05, 0.1) is 10.5 Å². The summed E-state index contributed by atoms with van der Waals surface area (Å²) in [5.74, 6) is 0.657. The average Bonchev–Trinajstić information content (AvgIpc) is 2.46. The van der Waals surface area contributed by atoms with Gasteiger partial charge in [0.2, 0.25) is 0 Å². The zero-order valence-electron chi connectivity index (χ0n) is 10.4. The van der Waals surface area contributed by atoms with Crippen molar-refractivity contribution >= 4 is 33.2 Å². The van der Waals surface area contributed by atoms with Crippen LogP contribution in [0.2, 0.25) is 5.02 Å². The Labute approximate surface area is 129 Å². The Kier molecular flexibility index (Phi) is 4.98. The van der Waals surface area contributed by atoms with Crippen molar-refractivity contribution in [3.8, 4) is 5.75 Å². The third kappa shape index (κ3) is 3.49. The molecule has 6 heteroatoms. The molecule has 0 aliphatic heterocycles. The van der Waals surface area contributed by atoms with E-state index < -0.39 is 4.92 Å². The standard InChI is InChI=1S/C14H11BrClNO3/c15-8-11-7-12(16)5-6-14(11)20-9-10-3-1-2-4-13(10)17(18)19/h1-7H,8-9H2. The van der Waals surface area contributed by atoms with Gasteiger partial charge in [-0.2, -0.15) is 0 Å². The number of benzene rings is 2. The molecule has 0 amide bonds. The first-order valence-electron chi connectivity index (χ1n) is 5.81. The fourth-order valence-corrected chi connectivity index (χ4v) is 2.39.